The summed E-state index contributed by atoms with van der Waals surface area (Å²) in [5, 5.41) is 0. The normalized spacial score (nSPS) is 12.5. The van der Waals surface area contributed by atoms with E-state index < -0.39 is 10.2 Å². The lowest BCUT2D eigenvalue weighted by molar-refractivity contribution is 0.574. The molecule has 0 unspecified atom stereocenters. The van der Waals surface area contributed by atoms with Crippen LogP contribution in [0.15, 0.2) is 12.2 Å². The minimum Gasteiger partial charge on any atom is -0.205 e. The van der Waals surface area contributed by atoms with Crippen LogP contribution in [0.3, 0.4) is 0 Å². The van der Waals surface area contributed by atoms with Gasteiger partial charge in [-0.1, -0.05) is 12.2 Å². The third-order valence-electron chi connectivity index (χ3n) is 1.11. The van der Waals surface area contributed by atoms with E-state index in [1.54, 1.807) is 0 Å². The summed E-state index contributed by atoms with van der Waals surface area (Å²) in [7, 11) is -1.86. The van der Waals surface area contributed by atoms with Gasteiger partial charge in [-0.15, -0.1) is 0 Å². The number of hydrogen-bond acceptors (Lipinski definition) is 2. The second-order valence-electron chi connectivity index (χ2n) is 1.96. The van der Waals surface area contributed by atoms with Crippen molar-refractivity contribution in [1.29, 1.82) is 0 Å². The third kappa shape index (κ3) is 6.03. The van der Waals surface area contributed by atoms with E-state index in [1.165, 1.54) is 7.05 Å². The molecule has 0 fully saturated rings. The van der Waals surface area contributed by atoms with Gasteiger partial charge in [-0.05, 0) is 13.3 Å². The molecule has 0 heterocycles. The van der Waals surface area contributed by atoms with E-state index in [1.807, 2.05) is 19.1 Å². The Morgan fingerprint density at radius 3 is 2.55 bits per heavy atom. The van der Waals surface area contributed by atoms with E-state index in [0.717, 1.165) is 6.42 Å². The first-order valence-corrected chi connectivity index (χ1v) is 4.90. The maximum Gasteiger partial charge on any atom is 0.276 e. The van der Waals surface area contributed by atoms with Crippen LogP contribution >= 0.6 is 0 Å². The summed E-state index contributed by atoms with van der Waals surface area (Å²) >= 11 is 0. The largest absolute Gasteiger partial charge is 0.276 e. The van der Waals surface area contributed by atoms with Gasteiger partial charge in [0.25, 0.3) is 10.2 Å². The zero-order valence-electron chi connectivity index (χ0n) is 6.79. The van der Waals surface area contributed by atoms with Gasteiger partial charge in [0.05, 0.1) is 0 Å². The summed E-state index contributed by atoms with van der Waals surface area (Å²) in [4.78, 5) is 0. The van der Waals surface area contributed by atoms with Crippen LogP contribution in [0.25, 0.3) is 0 Å². The third-order valence-corrected chi connectivity index (χ3v) is 2.23. The molecule has 0 amide bonds. The molecule has 0 rings (SSSR count). The summed E-state index contributed by atoms with van der Waals surface area (Å²) in [6.07, 6.45) is 4.50. The van der Waals surface area contributed by atoms with Gasteiger partial charge in [-0.2, -0.15) is 8.42 Å². The van der Waals surface area contributed by atoms with Crippen molar-refractivity contribution in [2.45, 2.75) is 13.3 Å². The Kier molecular flexibility index (Phi) is 5.10. The van der Waals surface area contributed by atoms with E-state index in [-0.39, 0.29) is 0 Å². The van der Waals surface area contributed by atoms with Gasteiger partial charge >= 0.3 is 0 Å². The second-order valence-corrected chi connectivity index (χ2v) is 3.66. The fourth-order valence-electron chi connectivity index (χ4n) is 0.515. The molecule has 66 valence electrons. The molecule has 4 nitrogen and oxygen atoms in total. The van der Waals surface area contributed by atoms with E-state index in [4.69, 9.17) is 0 Å². The van der Waals surface area contributed by atoms with Crippen LogP contribution in [0.4, 0.5) is 0 Å². The molecule has 0 aliphatic rings. The molecular weight excluding hydrogens is 164 g/mol. The van der Waals surface area contributed by atoms with Crippen LogP contribution in [-0.2, 0) is 10.2 Å². The molecule has 2 N–H and O–H groups in total. The van der Waals surface area contributed by atoms with Gasteiger partial charge in [0.1, 0.15) is 0 Å². The Hall–Kier alpha value is -0.390. The molecule has 0 aromatic rings. The zero-order chi connectivity index (χ0) is 8.74. The Morgan fingerprint density at radius 1 is 1.45 bits per heavy atom. The first kappa shape index (κ1) is 10.6. The molecule has 0 aliphatic heterocycles. The quantitative estimate of drug-likeness (QED) is 0.460. The molecule has 0 atom stereocenters. The van der Waals surface area contributed by atoms with Crippen LogP contribution in [-0.4, -0.2) is 22.0 Å². The summed E-state index contributed by atoms with van der Waals surface area (Å²) in [5.74, 6) is 0. The van der Waals surface area contributed by atoms with Crippen molar-refractivity contribution in [3.8, 4) is 0 Å². The Labute approximate surface area is 67.9 Å². The average Bonchev–Trinajstić information content (AvgIpc) is 1.99. The Balaban J connectivity index is 3.55. The predicted molar refractivity (Wildman–Crippen MR) is 45.4 cm³/mol. The Morgan fingerprint density at radius 2 is 2.09 bits per heavy atom. The lowest BCUT2D eigenvalue weighted by Crippen LogP contribution is -2.34. The van der Waals surface area contributed by atoms with Gasteiger partial charge in [-0.25, -0.2) is 9.44 Å². The van der Waals surface area contributed by atoms with E-state index in [0.29, 0.717) is 6.54 Å². The topological polar surface area (TPSA) is 58.2 Å². The SMILES string of the molecule is C/C=C/CCNS(=O)(=O)NC. The highest BCUT2D eigenvalue weighted by Gasteiger charge is 2.01. The zero-order valence-corrected chi connectivity index (χ0v) is 7.61. The van der Waals surface area contributed by atoms with Crippen LogP contribution in [0.1, 0.15) is 13.3 Å². The number of rotatable bonds is 5. The van der Waals surface area contributed by atoms with Crippen molar-refractivity contribution in [3.63, 3.8) is 0 Å². The molecule has 0 bridgehead atoms. The van der Waals surface area contributed by atoms with Crippen molar-refractivity contribution in [1.82, 2.24) is 9.44 Å². The molecule has 0 saturated heterocycles. The van der Waals surface area contributed by atoms with E-state index >= 15 is 0 Å². The summed E-state index contributed by atoms with van der Waals surface area (Å²) in [6, 6.07) is 0. The van der Waals surface area contributed by atoms with Gasteiger partial charge in [-0.3, -0.25) is 0 Å². The lowest BCUT2D eigenvalue weighted by atomic mass is 10.4. The fraction of sp³-hybridized carbons (Fsp3) is 0.667. The maximum absolute atomic E-state index is 10.7. The van der Waals surface area contributed by atoms with Gasteiger partial charge < -0.3 is 0 Å². The number of allylic oxidation sites excluding steroid dienone is 1. The highest BCUT2D eigenvalue weighted by Crippen LogP contribution is 1.81. The molecule has 5 heteroatoms. The molecular formula is C6H14N2O2S. The standard InChI is InChI=1S/C6H14N2O2S/c1-3-4-5-6-8-11(9,10)7-2/h3-4,7-8H,5-6H2,1-2H3/b4-3+. The van der Waals surface area contributed by atoms with Gasteiger partial charge in [0.15, 0.2) is 0 Å². The number of hydrogen-bond donors (Lipinski definition) is 2. The predicted octanol–water partition coefficient (Wildman–Crippen LogP) is 0.00640. The minimum absolute atomic E-state index is 0.438. The molecule has 0 aliphatic carbocycles. The van der Waals surface area contributed by atoms with Gasteiger partial charge in [0.2, 0.25) is 0 Å². The Bertz CT molecular complexity index is 209. The van der Waals surface area contributed by atoms with Crippen molar-refractivity contribution >= 4 is 10.2 Å². The first-order chi connectivity index (χ1) is 5.12. The van der Waals surface area contributed by atoms with Crippen LogP contribution in [0, 0.1) is 0 Å². The molecule has 0 aromatic heterocycles. The lowest BCUT2D eigenvalue weighted by Gasteiger charge is -2.01. The number of nitrogens with one attached hydrogen (secondary N) is 2. The maximum atomic E-state index is 10.7. The minimum atomic E-state index is -3.23. The van der Waals surface area contributed by atoms with Crippen molar-refractivity contribution in [3.05, 3.63) is 12.2 Å². The van der Waals surface area contributed by atoms with Crippen molar-refractivity contribution in [2.24, 2.45) is 0 Å². The van der Waals surface area contributed by atoms with Gasteiger partial charge in [0, 0.05) is 13.6 Å². The van der Waals surface area contributed by atoms with E-state index in [9.17, 15) is 8.42 Å². The van der Waals surface area contributed by atoms with E-state index in [2.05, 4.69) is 9.44 Å². The summed E-state index contributed by atoms with van der Waals surface area (Å²) in [5.41, 5.74) is 0. The molecule has 0 aromatic carbocycles. The summed E-state index contributed by atoms with van der Waals surface area (Å²) in [6.45, 7) is 2.33. The fourth-order valence-corrected chi connectivity index (χ4v) is 1.05. The molecule has 0 saturated carbocycles. The van der Waals surface area contributed by atoms with Crippen LogP contribution in [0.5, 0.6) is 0 Å². The van der Waals surface area contributed by atoms with Crippen LogP contribution < -0.4 is 9.44 Å². The highest BCUT2D eigenvalue weighted by molar-refractivity contribution is 7.87. The van der Waals surface area contributed by atoms with Crippen molar-refractivity contribution < 1.29 is 8.42 Å². The smallest absolute Gasteiger partial charge is 0.205 e. The molecule has 0 spiro atoms. The monoisotopic (exact) mass is 178 g/mol. The summed E-state index contributed by atoms with van der Waals surface area (Å²) < 4.78 is 25.9. The van der Waals surface area contributed by atoms with Crippen molar-refractivity contribution in [2.75, 3.05) is 13.6 Å². The van der Waals surface area contributed by atoms with Crippen LogP contribution in [0.2, 0.25) is 0 Å². The highest BCUT2D eigenvalue weighted by atomic mass is 32.2. The second kappa shape index (κ2) is 5.29. The average molecular weight is 178 g/mol. The molecule has 11 heavy (non-hydrogen) atoms. The first-order valence-electron chi connectivity index (χ1n) is 3.41. The molecule has 0 radical (unpaired) electrons.